The third kappa shape index (κ3) is 5.11. The minimum atomic E-state index is -0.288. The summed E-state index contributed by atoms with van der Waals surface area (Å²) in [6, 6.07) is 9.97. The second-order valence-electron chi connectivity index (χ2n) is 7.81. The number of nitrogens with one attached hydrogen (secondary N) is 1. The topological polar surface area (TPSA) is 85.2 Å². The summed E-state index contributed by atoms with van der Waals surface area (Å²) in [4.78, 5) is 14.4. The normalized spacial score (nSPS) is 13.9. The van der Waals surface area contributed by atoms with Gasteiger partial charge in [-0.1, -0.05) is 12.1 Å². The lowest BCUT2D eigenvalue weighted by atomic mass is 10.1. The standard InChI is InChI=1S/C23H27FN6O2/c1-16-20(7-10-23(31)25-15-18-3-5-19(24)6-4-18)17(2)30(28-16)22-9-8-21(26-27-22)29-11-13-32-14-12-29/h3-6,8-9H,7,10-15H2,1-2H3,(H,25,31). The van der Waals surface area contributed by atoms with Crippen molar-refractivity contribution in [1.29, 1.82) is 0 Å². The van der Waals surface area contributed by atoms with Gasteiger partial charge in [-0.2, -0.15) is 5.10 Å². The molecule has 0 saturated carbocycles. The number of morpholine rings is 1. The average molecular weight is 439 g/mol. The van der Waals surface area contributed by atoms with Gasteiger partial charge in [-0.05, 0) is 55.7 Å². The maximum Gasteiger partial charge on any atom is 0.220 e. The summed E-state index contributed by atoms with van der Waals surface area (Å²) < 4.78 is 20.1. The Morgan fingerprint density at radius 2 is 1.75 bits per heavy atom. The second-order valence-corrected chi connectivity index (χ2v) is 7.81. The van der Waals surface area contributed by atoms with Crippen molar-refractivity contribution in [3.63, 3.8) is 0 Å². The molecule has 1 amide bonds. The number of nitrogens with zero attached hydrogens (tertiary/aromatic N) is 5. The van der Waals surface area contributed by atoms with Crippen LogP contribution in [0.3, 0.4) is 0 Å². The van der Waals surface area contributed by atoms with Gasteiger partial charge in [0, 0.05) is 31.7 Å². The van der Waals surface area contributed by atoms with E-state index in [9.17, 15) is 9.18 Å². The first kappa shape index (κ1) is 21.9. The third-order valence-corrected chi connectivity index (χ3v) is 5.63. The van der Waals surface area contributed by atoms with E-state index in [-0.39, 0.29) is 11.7 Å². The van der Waals surface area contributed by atoms with Crippen LogP contribution in [0.25, 0.3) is 5.82 Å². The van der Waals surface area contributed by atoms with Gasteiger partial charge in [0.15, 0.2) is 11.6 Å². The van der Waals surface area contributed by atoms with E-state index in [2.05, 4.69) is 25.5 Å². The summed E-state index contributed by atoms with van der Waals surface area (Å²) in [7, 11) is 0. The van der Waals surface area contributed by atoms with Crippen LogP contribution in [0.4, 0.5) is 10.2 Å². The molecule has 1 aliphatic heterocycles. The summed E-state index contributed by atoms with van der Waals surface area (Å²) in [5.41, 5.74) is 3.70. The fraction of sp³-hybridized carbons (Fsp3) is 0.391. The molecule has 1 saturated heterocycles. The number of amides is 1. The van der Waals surface area contributed by atoms with Gasteiger partial charge in [0.25, 0.3) is 0 Å². The molecule has 32 heavy (non-hydrogen) atoms. The van der Waals surface area contributed by atoms with Gasteiger partial charge >= 0.3 is 0 Å². The molecule has 1 fully saturated rings. The lowest BCUT2D eigenvalue weighted by Gasteiger charge is -2.27. The Labute approximate surface area is 186 Å². The van der Waals surface area contributed by atoms with E-state index in [4.69, 9.17) is 4.74 Å². The van der Waals surface area contributed by atoms with Crippen LogP contribution >= 0.6 is 0 Å². The van der Waals surface area contributed by atoms with Gasteiger partial charge < -0.3 is 15.0 Å². The Morgan fingerprint density at radius 3 is 2.44 bits per heavy atom. The molecular weight excluding hydrogens is 411 g/mol. The molecule has 0 unspecified atom stereocenters. The highest BCUT2D eigenvalue weighted by molar-refractivity contribution is 5.76. The number of hydrogen-bond donors (Lipinski definition) is 1. The number of ether oxygens (including phenoxy) is 1. The van der Waals surface area contributed by atoms with Crippen molar-refractivity contribution in [3.05, 3.63) is 64.7 Å². The van der Waals surface area contributed by atoms with Gasteiger partial charge in [-0.25, -0.2) is 9.07 Å². The Bertz CT molecular complexity index is 1060. The predicted molar refractivity (Wildman–Crippen MR) is 118 cm³/mol. The molecule has 9 heteroatoms. The molecule has 0 radical (unpaired) electrons. The van der Waals surface area contributed by atoms with Gasteiger partial charge in [0.1, 0.15) is 5.82 Å². The van der Waals surface area contributed by atoms with Crippen molar-refractivity contribution in [2.24, 2.45) is 0 Å². The second kappa shape index (κ2) is 9.86. The van der Waals surface area contributed by atoms with E-state index < -0.39 is 0 Å². The average Bonchev–Trinajstić information content (AvgIpc) is 3.11. The number of rotatable bonds is 7. The van der Waals surface area contributed by atoms with E-state index in [1.165, 1.54) is 12.1 Å². The molecular formula is C23H27FN6O2. The maximum atomic E-state index is 13.0. The van der Waals surface area contributed by atoms with Crippen molar-refractivity contribution < 1.29 is 13.9 Å². The molecule has 0 bridgehead atoms. The molecule has 2 aromatic heterocycles. The monoisotopic (exact) mass is 438 g/mol. The first-order chi connectivity index (χ1) is 15.5. The van der Waals surface area contributed by atoms with E-state index in [0.717, 1.165) is 41.4 Å². The number of aryl methyl sites for hydroxylation is 1. The molecule has 0 aliphatic carbocycles. The van der Waals surface area contributed by atoms with E-state index in [0.29, 0.717) is 38.4 Å². The molecule has 8 nitrogen and oxygen atoms in total. The number of benzene rings is 1. The van der Waals surface area contributed by atoms with Crippen molar-refractivity contribution in [2.45, 2.75) is 33.2 Å². The summed E-state index contributed by atoms with van der Waals surface area (Å²) in [6.07, 6.45) is 0.919. The van der Waals surface area contributed by atoms with Crippen LogP contribution in [0.2, 0.25) is 0 Å². The Balaban J connectivity index is 1.37. The highest BCUT2D eigenvalue weighted by Gasteiger charge is 2.17. The zero-order chi connectivity index (χ0) is 22.5. The molecule has 0 atom stereocenters. The van der Waals surface area contributed by atoms with Crippen molar-refractivity contribution in [1.82, 2.24) is 25.3 Å². The lowest BCUT2D eigenvalue weighted by molar-refractivity contribution is -0.121. The summed E-state index contributed by atoms with van der Waals surface area (Å²) in [5, 5.41) is 16.2. The van der Waals surface area contributed by atoms with Crippen molar-refractivity contribution >= 4 is 11.7 Å². The molecule has 0 spiro atoms. The van der Waals surface area contributed by atoms with Gasteiger partial charge in [0.05, 0.1) is 18.9 Å². The third-order valence-electron chi connectivity index (χ3n) is 5.63. The number of carbonyl (C=O) groups is 1. The fourth-order valence-corrected chi connectivity index (χ4v) is 3.78. The largest absolute Gasteiger partial charge is 0.378 e. The van der Waals surface area contributed by atoms with E-state index in [1.807, 2.05) is 26.0 Å². The molecule has 3 heterocycles. The molecule has 168 valence electrons. The van der Waals surface area contributed by atoms with Crippen LogP contribution in [0.1, 0.15) is 28.9 Å². The summed E-state index contributed by atoms with van der Waals surface area (Å²) in [5.74, 6) is 1.13. The Hall–Kier alpha value is -3.33. The van der Waals surface area contributed by atoms with Crippen LogP contribution in [-0.2, 0) is 22.5 Å². The molecule has 1 N–H and O–H groups in total. The minimum absolute atomic E-state index is 0.0597. The summed E-state index contributed by atoms with van der Waals surface area (Å²) in [6.45, 7) is 7.29. The highest BCUT2D eigenvalue weighted by atomic mass is 19.1. The smallest absolute Gasteiger partial charge is 0.220 e. The first-order valence-electron chi connectivity index (χ1n) is 10.7. The number of aromatic nitrogens is 4. The molecule has 3 aromatic rings. The number of carbonyl (C=O) groups excluding carboxylic acids is 1. The van der Waals surface area contributed by atoms with Gasteiger partial charge in [0.2, 0.25) is 5.91 Å². The first-order valence-corrected chi connectivity index (χ1v) is 10.7. The van der Waals surface area contributed by atoms with Gasteiger partial charge in [-0.15, -0.1) is 10.2 Å². The quantitative estimate of drug-likeness (QED) is 0.610. The zero-order valence-corrected chi connectivity index (χ0v) is 18.3. The SMILES string of the molecule is Cc1nn(-c2ccc(N3CCOCC3)nn2)c(C)c1CCC(=O)NCc1ccc(F)cc1. The van der Waals surface area contributed by atoms with Crippen molar-refractivity contribution in [2.75, 3.05) is 31.2 Å². The molecule has 1 aliphatic rings. The van der Waals surface area contributed by atoms with E-state index >= 15 is 0 Å². The van der Waals surface area contributed by atoms with Crippen molar-refractivity contribution in [3.8, 4) is 5.82 Å². The Morgan fingerprint density at radius 1 is 1.06 bits per heavy atom. The molecule has 4 rings (SSSR count). The van der Waals surface area contributed by atoms with Gasteiger partial charge in [-0.3, -0.25) is 4.79 Å². The van der Waals surface area contributed by atoms with Crippen LogP contribution in [-0.4, -0.2) is 52.2 Å². The maximum absolute atomic E-state index is 13.0. The highest BCUT2D eigenvalue weighted by Crippen LogP contribution is 2.19. The Kier molecular flexibility index (Phi) is 6.75. The van der Waals surface area contributed by atoms with Crippen LogP contribution in [0, 0.1) is 19.7 Å². The summed E-state index contributed by atoms with van der Waals surface area (Å²) >= 11 is 0. The van der Waals surface area contributed by atoms with E-state index in [1.54, 1.807) is 16.8 Å². The number of hydrogen-bond acceptors (Lipinski definition) is 6. The number of halogens is 1. The minimum Gasteiger partial charge on any atom is -0.378 e. The lowest BCUT2D eigenvalue weighted by Crippen LogP contribution is -2.36. The number of anilines is 1. The van der Waals surface area contributed by atoms with Crippen LogP contribution in [0.15, 0.2) is 36.4 Å². The van der Waals surface area contributed by atoms with Crippen LogP contribution in [0.5, 0.6) is 0 Å². The molecule has 1 aromatic carbocycles. The van der Waals surface area contributed by atoms with Crippen LogP contribution < -0.4 is 10.2 Å². The fourth-order valence-electron chi connectivity index (χ4n) is 3.78. The predicted octanol–water partition coefficient (Wildman–Crippen LogP) is 2.50. The zero-order valence-electron chi connectivity index (χ0n) is 18.3.